The Hall–Kier alpha value is -3.54. The highest BCUT2D eigenvalue weighted by atomic mass is 19.4. The molecule has 0 saturated carbocycles. The SMILES string of the molecule is CC/C=C/C=C(C#N)\C=C(/C)CCC.C\C=C(C(/C(C)=N/C=C/CC)=C(/C)N1CC(C)N(C(=O)OC(C)(C)C)CC1C)\C(F)(F)F. The van der Waals surface area contributed by atoms with Gasteiger partial charge in [0.1, 0.15) is 5.60 Å². The summed E-state index contributed by atoms with van der Waals surface area (Å²) in [6.07, 6.45) is 11.3. The molecule has 0 spiro atoms. The molecule has 0 aliphatic carbocycles. The third kappa shape index (κ3) is 15.2. The molecule has 2 unspecified atom stereocenters. The van der Waals surface area contributed by atoms with Crippen LogP contribution in [0.25, 0.3) is 0 Å². The Kier molecular flexibility index (Phi) is 19.0. The maximum Gasteiger partial charge on any atom is 0.416 e. The minimum absolute atomic E-state index is 0.0746. The Bertz CT molecular complexity index is 1240. The number of amides is 1. The molecule has 0 radical (unpaired) electrons. The van der Waals surface area contributed by atoms with Gasteiger partial charge >= 0.3 is 12.3 Å². The number of piperazine rings is 1. The predicted molar refractivity (Wildman–Crippen MR) is 185 cm³/mol. The van der Waals surface area contributed by atoms with Crippen molar-refractivity contribution in [2.75, 3.05) is 13.1 Å². The molecule has 0 aromatic carbocycles. The predicted octanol–water partition coefficient (Wildman–Crippen LogP) is 10.6. The maximum absolute atomic E-state index is 13.9. The summed E-state index contributed by atoms with van der Waals surface area (Å²) in [4.78, 5) is 20.4. The minimum atomic E-state index is -4.51. The Morgan fingerprint density at radius 1 is 1.00 bits per heavy atom. The lowest BCUT2D eigenvalue weighted by molar-refractivity contribution is -0.0892. The fraction of sp³-hybridized carbons (Fsp3) is 0.595. The van der Waals surface area contributed by atoms with E-state index in [4.69, 9.17) is 10.00 Å². The van der Waals surface area contributed by atoms with Crippen molar-refractivity contribution in [2.45, 2.75) is 133 Å². The van der Waals surface area contributed by atoms with Crippen molar-refractivity contribution in [3.05, 3.63) is 70.6 Å². The molecular formula is C37H57F3N4O2. The van der Waals surface area contributed by atoms with Gasteiger partial charge in [0.05, 0.1) is 17.2 Å². The van der Waals surface area contributed by atoms with Gasteiger partial charge in [-0.1, -0.05) is 57.1 Å². The van der Waals surface area contributed by atoms with Gasteiger partial charge in [0.2, 0.25) is 0 Å². The number of nitriles is 1. The van der Waals surface area contributed by atoms with E-state index in [9.17, 15) is 18.0 Å². The van der Waals surface area contributed by atoms with Crippen molar-refractivity contribution in [3.63, 3.8) is 0 Å². The van der Waals surface area contributed by atoms with Crippen LogP contribution < -0.4 is 0 Å². The molecule has 9 heteroatoms. The fourth-order valence-corrected chi connectivity index (χ4v) is 4.91. The highest BCUT2D eigenvalue weighted by Crippen LogP contribution is 2.35. The standard InChI is InChI=1S/C24H38F3N3O2.C13H19N/c1-10-12-13-28-18(5)21(20(11-2)24(25,26)27)19(6)29-14-17(4)30(15-16(29)3)22(31)32-23(7,8)9;1-4-6-7-9-13(11-14)10-12(3)8-5-2/h11-13,16-17H,10,14-15H2,1-9H3;6-7,9-10H,4-5,8H2,1-3H3/b13-12+,20-11+,21-19-,28-18+;7-6+,12-10+,13-9+. The third-order valence-electron chi connectivity index (χ3n) is 7.06. The topological polar surface area (TPSA) is 68.9 Å². The van der Waals surface area contributed by atoms with E-state index < -0.39 is 23.4 Å². The second-order valence-electron chi connectivity index (χ2n) is 12.5. The fourth-order valence-electron chi connectivity index (χ4n) is 4.91. The third-order valence-corrected chi connectivity index (χ3v) is 7.06. The summed E-state index contributed by atoms with van der Waals surface area (Å²) in [7, 11) is 0. The molecule has 6 nitrogen and oxygen atoms in total. The molecule has 0 bridgehead atoms. The largest absolute Gasteiger partial charge is 0.444 e. The molecule has 1 aliphatic heterocycles. The monoisotopic (exact) mass is 646 g/mol. The van der Waals surface area contributed by atoms with E-state index >= 15 is 0 Å². The van der Waals surface area contributed by atoms with Crippen molar-refractivity contribution in [1.82, 2.24) is 9.80 Å². The van der Waals surface area contributed by atoms with Gasteiger partial charge in [-0.15, -0.1) is 0 Å². The molecule has 1 rings (SSSR count). The number of nitrogens with zero attached hydrogens (tertiary/aromatic N) is 4. The van der Waals surface area contributed by atoms with Crippen LogP contribution in [0.15, 0.2) is 75.6 Å². The van der Waals surface area contributed by atoms with Crippen LogP contribution in [-0.4, -0.2) is 58.6 Å². The van der Waals surface area contributed by atoms with Gasteiger partial charge in [-0.3, -0.25) is 4.99 Å². The first-order valence-electron chi connectivity index (χ1n) is 16.2. The van der Waals surface area contributed by atoms with Crippen LogP contribution >= 0.6 is 0 Å². The molecule has 258 valence electrons. The zero-order valence-electron chi connectivity index (χ0n) is 30.2. The summed E-state index contributed by atoms with van der Waals surface area (Å²) < 4.78 is 47.2. The molecule has 1 aliphatic rings. The van der Waals surface area contributed by atoms with Crippen LogP contribution in [0.2, 0.25) is 0 Å². The lowest BCUT2D eigenvalue weighted by Gasteiger charge is -2.46. The number of halogens is 3. The van der Waals surface area contributed by atoms with Gasteiger partial charge in [-0.25, -0.2) is 4.79 Å². The van der Waals surface area contributed by atoms with E-state index in [1.807, 2.05) is 50.0 Å². The normalized spacial score (nSPS) is 19.6. The Morgan fingerprint density at radius 2 is 1.57 bits per heavy atom. The first-order chi connectivity index (χ1) is 21.4. The summed E-state index contributed by atoms with van der Waals surface area (Å²) in [5, 5.41) is 8.85. The Morgan fingerprint density at radius 3 is 2.04 bits per heavy atom. The first kappa shape index (κ1) is 42.5. The average molecular weight is 647 g/mol. The lowest BCUT2D eigenvalue weighted by atomic mass is 9.96. The van der Waals surface area contributed by atoms with Crippen LogP contribution in [0.1, 0.15) is 109 Å². The molecule has 1 saturated heterocycles. The molecule has 2 atom stereocenters. The van der Waals surface area contributed by atoms with Crippen LogP contribution in [0.5, 0.6) is 0 Å². The lowest BCUT2D eigenvalue weighted by Crippen LogP contribution is -2.58. The van der Waals surface area contributed by atoms with E-state index in [1.165, 1.54) is 12.5 Å². The summed E-state index contributed by atoms with van der Waals surface area (Å²) >= 11 is 0. The van der Waals surface area contributed by atoms with Crippen molar-refractivity contribution >= 4 is 11.8 Å². The maximum atomic E-state index is 13.9. The second-order valence-corrected chi connectivity index (χ2v) is 12.5. The van der Waals surface area contributed by atoms with Crippen LogP contribution in [-0.2, 0) is 4.74 Å². The average Bonchev–Trinajstić information content (AvgIpc) is 2.94. The van der Waals surface area contributed by atoms with Crippen LogP contribution in [0.4, 0.5) is 18.0 Å². The number of ether oxygens (including phenoxy) is 1. The zero-order chi connectivity index (χ0) is 35.7. The number of hydrogen-bond acceptors (Lipinski definition) is 5. The van der Waals surface area contributed by atoms with E-state index in [2.05, 4.69) is 31.8 Å². The smallest absolute Gasteiger partial charge is 0.416 e. The van der Waals surface area contributed by atoms with Crippen LogP contribution in [0.3, 0.4) is 0 Å². The quantitative estimate of drug-likeness (QED) is 0.135. The van der Waals surface area contributed by atoms with Crippen LogP contribution in [0, 0.1) is 11.3 Å². The number of aliphatic imine (C=N–C) groups is 1. The number of allylic oxidation sites excluding steroid dienone is 11. The number of carbonyl (C=O) groups is 1. The molecule has 1 heterocycles. The summed E-state index contributed by atoms with van der Waals surface area (Å²) in [5.74, 6) is 0. The van der Waals surface area contributed by atoms with Crippen molar-refractivity contribution in [2.24, 2.45) is 4.99 Å². The number of carbonyl (C=O) groups excluding carboxylic acids is 1. The van der Waals surface area contributed by atoms with E-state index in [1.54, 1.807) is 51.8 Å². The van der Waals surface area contributed by atoms with Crippen molar-refractivity contribution in [3.8, 4) is 6.07 Å². The zero-order valence-corrected chi connectivity index (χ0v) is 30.2. The number of alkyl halides is 3. The van der Waals surface area contributed by atoms with Crippen molar-refractivity contribution in [1.29, 1.82) is 5.26 Å². The summed E-state index contributed by atoms with van der Waals surface area (Å²) in [5.41, 5.74) is 1.54. The molecule has 46 heavy (non-hydrogen) atoms. The molecule has 0 N–H and O–H groups in total. The Balaban J connectivity index is 0.00000121. The molecule has 0 aromatic heterocycles. The summed E-state index contributed by atoms with van der Waals surface area (Å²) in [6.45, 7) is 22.8. The highest BCUT2D eigenvalue weighted by Gasteiger charge is 2.40. The van der Waals surface area contributed by atoms with Gasteiger partial charge in [-0.2, -0.15) is 18.4 Å². The van der Waals surface area contributed by atoms with Crippen molar-refractivity contribution < 1.29 is 22.7 Å². The summed E-state index contributed by atoms with van der Waals surface area (Å²) in [6, 6.07) is 1.76. The van der Waals surface area contributed by atoms with Gasteiger partial charge < -0.3 is 14.5 Å². The Labute approximate surface area is 276 Å². The van der Waals surface area contributed by atoms with Gasteiger partial charge in [0.15, 0.2) is 0 Å². The molecular weight excluding hydrogens is 589 g/mol. The minimum Gasteiger partial charge on any atom is -0.444 e. The first-order valence-corrected chi connectivity index (χ1v) is 16.2. The van der Waals surface area contributed by atoms with Gasteiger partial charge in [0.25, 0.3) is 0 Å². The van der Waals surface area contributed by atoms with Gasteiger partial charge in [0, 0.05) is 48.4 Å². The molecule has 0 aromatic rings. The van der Waals surface area contributed by atoms with E-state index in [0.29, 0.717) is 24.5 Å². The van der Waals surface area contributed by atoms with Gasteiger partial charge in [-0.05, 0) is 93.7 Å². The number of rotatable bonds is 10. The van der Waals surface area contributed by atoms with E-state index in [0.717, 1.165) is 37.3 Å². The number of hydrogen-bond donors (Lipinski definition) is 0. The van der Waals surface area contributed by atoms with E-state index in [-0.39, 0.29) is 17.7 Å². The second kappa shape index (κ2) is 20.6. The molecule has 1 amide bonds. The molecule has 1 fully saturated rings. The highest BCUT2D eigenvalue weighted by molar-refractivity contribution is 6.03.